The Balaban J connectivity index is 2.99. The van der Waals surface area contributed by atoms with Gasteiger partial charge in [0.15, 0.2) is 11.5 Å². The van der Waals surface area contributed by atoms with Crippen molar-refractivity contribution >= 4 is 39.2 Å². The van der Waals surface area contributed by atoms with Crippen LogP contribution >= 0.6 is 27.7 Å². The van der Waals surface area contributed by atoms with Crippen molar-refractivity contribution in [3.05, 3.63) is 22.2 Å². The number of carbonyl (C=O) groups is 1. The minimum absolute atomic E-state index is 0.0489. The van der Waals surface area contributed by atoms with Crippen LogP contribution in [0, 0.1) is 0 Å². The lowest BCUT2D eigenvalue weighted by Gasteiger charge is -2.12. The Bertz CT molecular complexity index is 396. The van der Waals surface area contributed by atoms with Gasteiger partial charge in [0, 0.05) is 10.2 Å². The zero-order valence-electron chi connectivity index (χ0n) is 9.25. The summed E-state index contributed by atoms with van der Waals surface area (Å²) in [6.45, 7) is 2.05. The zero-order chi connectivity index (χ0) is 12.1. The number of hydrogen-bond donors (Lipinski definition) is 1. The number of rotatable bonds is 5. The van der Waals surface area contributed by atoms with Crippen LogP contribution in [0.4, 0.5) is 5.69 Å². The number of carbonyl (C=O) groups excluding carboxylic acids is 1. The Morgan fingerprint density at radius 3 is 2.81 bits per heavy atom. The lowest BCUT2D eigenvalue weighted by atomic mass is 10.1. The van der Waals surface area contributed by atoms with Gasteiger partial charge in [-0.2, -0.15) is 11.8 Å². The largest absolute Gasteiger partial charge is 0.490 e. The summed E-state index contributed by atoms with van der Waals surface area (Å²) in [6.07, 6.45) is 2.00. The van der Waals surface area contributed by atoms with Gasteiger partial charge in [0.2, 0.25) is 0 Å². The van der Waals surface area contributed by atoms with E-state index in [1.54, 1.807) is 23.9 Å². The molecule has 2 N–H and O–H groups in total. The van der Waals surface area contributed by atoms with Crippen molar-refractivity contribution in [1.29, 1.82) is 0 Å². The number of nitrogens with two attached hydrogens (primary N) is 1. The Morgan fingerprint density at radius 2 is 2.25 bits per heavy atom. The minimum atomic E-state index is -0.0489. The predicted molar refractivity (Wildman–Crippen MR) is 72.4 cm³/mol. The summed E-state index contributed by atoms with van der Waals surface area (Å²) < 4.78 is 6.32. The number of ketones is 1. The summed E-state index contributed by atoms with van der Waals surface area (Å²) in [5.74, 6) is 1.31. The van der Waals surface area contributed by atoms with Crippen LogP contribution in [0.15, 0.2) is 16.6 Å². The molecule has 1 aromatic rings. The van der Waals surface area contributed by atoms with Crippen molar-refractivity contribution in [2.75, 3.05) is 24.3 Å². The first-order valence-electron chi connectivity index (χ1n) is 4.78. The number of hydrogen-bond acceptors (Lipinski definition) is 4. The van der Waals surface area contributed by atoms with Crippen molar-refractivity contribution in [1.82, 2.24) is 0 Å². The average Bonchev–Trinajstić information content (AvgIpc) is 2.20. The average molecular weight is 304 g/mol. The zero-order valence-corrected chi connectivity index (χ0v) is 11.7. The molecule has 0 radical (unpaired) electrons. The van der Waals surface area contributed by atoms with Crippen LogP contribution in [0.1, 0.15) is 17.3 Å². The molecular weight excluding hydrogens is 290 g/mol. The second-order valence-electron chi connectivity index (χ2n) is 3.27. The molecule has 0 bridgehead atoms. The molecule has 16 heavy (non-hydrogen) atoms. The van der Waals surface area contributed by atoms with Gasteiger partial charge in [-0.3, -0.25) is 4.79 Å². The van der Waals surface area contributed by atoms with Crippen molar-refractivity contribution in [3.8, 4) is 5.75 Å². The normalized spacial score (nSPS) is 10.2. The highest BCUT2D eigenvalue weighted by molar-refractivity contribution is 9.10. The standard InChI is InChI=1S/C11H14BrNO2S/c1-7(14)9-5-8(12)6-10(13)11(9)15-3-4-16-2/h5-6H,3-4,13H2,1-2H3. The molecule has 5 heteroatoms. The maximum Gasteiger partial charge on any atom is 0.163 e. The van der Waals surface area contributed by atoms with Gasteiger partial charge in [0.25, 0.3) is 0 Å². The Hall–Kier alpha value is -0.680. The fraction of sp³-hybridized carbons (Fsp3) is 0.364. The fourth-order valence-electron chi connectivity index (χ4n) is 1.26. The molecule has 0 fully saturated rings. The SMILES string of the molecule is CSCCOc1c(N)cc(Br)cc1C(C)=O. The molecule has 88 valence electrons. The maximum atomic E-state index is 11.4. The van der Waals surface area contributed by atoms with E-state index in [-0.39, 0.29) is 5.78 Å². The van der Waals surface area contributed by atoms with Crippen LogP contribution < -0.4 is 10.5 Å². The molecule has 0 aliphatic heterocycles. The van der Waals surface area contributed by atoms with Gasteiger partial charge < -0.3 is 10.5 Å². The number of anilines is 1. The predicted octanol–water partition coefficient (Wildman–Crippen LogP) is 2.98. The summed E-state index contributed by atoms with van der Waals surface area (Å²) >= 11 is 4.99. The number of Topliss-reactive ketones (excluding diaryl/α,β-unsaturated/α-hetero) is 1. The molecule has 0 spiro atoms. The van der Waals surface area contributed by atoms with E-state index >= 15 is 0 Å². The highest BCUT2D eigenvalue weighted by atomic mass is 79.9. The number of halogens is 1. The molecule has 1 aromatic carbocycles. The molecule has 0 saturated carbocycles. The van der Waals surface area contributed by atoms with Crippen LogP contribution in [0.3, 0.4) is 0 Å². The Kier molecular flexibility index (Phi) is 5.15. The number of nitrogen functional groups attached to an aromatic ring is 1. The molecule has 0 aliphatic rings. The highest BCUT2D eigenvalue weighted by Crippen LogP contribution is 2.31. The summed E-state index contributed by atoms with van der Waals surface area (Å²) in [5, 5.41) is 0. The third-order valence-electron chi connectivity index (χ3n) is 2.00. The van der Waals surface area contributed by atoms with Crippen molar-refractivity contribution in [2.24, 2.45) is 0 Å². The van der Waals surface area contributed by atoms with Crippen LogP contribution in [0.5, 0.6) is 5.75 Å². The Labute approximate surface area is 108 Å². The fourth-order valence-corrected chi connectivity index (χ4v) is 1.99. The topological polar surface area (TPSA) is 52.3 Å². The van der Waals surface area contributed by atoms with E-state index in [9.17, 15) is 4.79 Å². The number of benzene rings is 1. The minimum Gasteiger partial charge on any atom is -0.490 e. The van der Waals surface area contributed by atoms with Gasteiger partial charge >= 0.3 is 0 Å². The van der Waals surface area contributed by atoms with Crippen molar-refractivity contribution in [2.45, 2.75) is 6.92 Å². The van der Waals surface area contributed by atoms with Gasteiger partial charge in [-0.05, 0) is 25.3 Å². The van der Waals surface area contributed by atoms with Gasteiger partial charge in [0.05, 0.1) is 17.9 Å². The molecule has 3 nitrogen and oxygen atoms in total. The van der Waals surface area contributed by atoms with Crippen molar-refractivity contribution < 1.29 is 9.53 Å². The second-order valence-corrected chi connectivity index (χ2v) is 5.17. The Morgan fingerprint density at radius 1 is 1.56 bits per heavy atom. The van der Waals surface area contributed by atoms with Gasteiger partial charge in [0.1, 0.15) is 0 Å². The molecule has 0 unspecified atom stereocenters. The van der Waals surface area contributed by atoms with Gasteiger partial charge in [-0.15, -0.1) is 0 Å². The second kappa shape index (κ2) is 6.15. The van der Waals surface area contributed by atoms with Gasteiger partial charge in [-0.1, -0.05) is 15.9 Å². The lowest BCUT2D eigenvalue weighted by molar-refractivity contribution is 0.101. The lowest BCUT2D eigenvalue weighted by Crippen LogP contribution is -2.07. The van der Waals surface area contributed by atoms with Crippen molar-refractivity contribution in [3.63, 3.8) is 0 Å². The van der Waals surface area contributed by atoms with E-state index in [4.69, 9.17) is 10.5 Å². The molecule has 0 aromatic heterocycles. The number of thioether (sulfide) groups is 1. The summed E-state index contributed by atoms with van der Waals surface area (Å²) in [4.78, 5) is 11.4. The molecular formula is C11H14BrNO2S. The maximum absolute atomic E-state index is 11.4. The van der Waals surface area contributed by atoms with E-state index in [0.29, 0.717) is 23.6 Å². The first-order valence-corrected chi connectivity index (χ1v) is 6.96. The van der Waals surface area contributed by atoms with Crippen LogP contribution in [0.25, 0.3) is 0 Å². The van der Waals surface area contributed by atoms with Gasteiger partial charge in [-0.25, -0.2) is 0 Å². The molecule has 1 rings (SSSR count). The van der Waals surface area contributed by atoms with E-state index in [1.165, 1.54) is 6.92 Å². The summed E-state index contributed by atoms with van der Waals surface area (Å²) in [6, 6.07) is 3.47. The molecule has 0 heterocycles. The van der Waals surface area contributed by atoms with E-state index < -0.39 is 0 Å². The smallest absolute Gasteiger partial charge is 0.163 e. The number of ether oxygens (including phenoxy) is 1. The monoisotopic (exact) mass is 303 g/mol. The first kappa shape index (κ1) is 13.4. The third-order valence-corrected chi connectivity index (χ3v) is 3.03. The van der Waals surface area contributed by atoms with E-state index in [2.05, 4.69) is 15.9 Å². The molecule has 0 saturated heterocycles. The summed E-state index contributed by atoms with van der Waals surface area (Å²) in [5.41, 5.74) is 6.84. The quantitative estimate of drug-likeness (QED) is 0.516. The van der Waals surface area contributed by atoms with Crippen LogP contribution in [-0.2, 0) is 0 Å². The molecule has 0 amide bonds. The first-order chi connectivity index (χ1) is 7.56. The summed E-state index contributed by atoms with van der Waals surface area (Å²) in [7, 11) is 0. The molecule has 0 atom stereocenters. The van der Waals surface area contributed by atoms with Crippen LogP contribution in [-0.4, -0.2) is 24.4 Å². The highest BCUT2D eigenvalue weighted by Gasteiger charge is 2.13. The van der Waals surface area contributed by atoms with E-state index in [0.717, 1.165) is 10.2 Å². The third kappa shape index (κ3) is 3.42. The van der Waals surface area contributed by atoms with E-state index in [1.807, 2.05) is 6.26 Å². The molecule has 0 aliphatic carbocycles. The van der Waals surface area contributed by atoms with Crippen LogP contribution in [0.2, 0.25) is 0 Å².